The van der Waals surface area contributed by atoms with Gasteiger partial charge in [-0.05, 0) is 36.0 Å². The highest BCUT2D eigenvalue weighted by Crippen LogP contribution is 2.65. The Kier molecular flexibility index (Phi) is 3.05. The van der Waals surface area contributed by atoms with Crippen LogP contribution in [0.2, 0.25) is 5.15 Å². The molecule has 1 aromatic rings. The topological polar surface area (TPSA) is 54.9 Å². The molecule has 0 radical (unpaired) electrons. The normalized spacial score (nSPS) is 34.2. The van der Waals surface area contributed by atoms with Crippen molar-refractivity contribution in [1.29, 1.82) is 0 Å². The van der Waals surface area contributed by atoms with Crippen molar-refractivity contribution < 1.29 is 4.79 Å². The third kappa shape index (κ3) is 1.85. The van der Waals surface area contributed by atoms with Crippen molar-refractivity contribution in [2.75, 3.05) is 0 Å². The molecule has 1 N–H and O–H groups in total. The second-order valence-corrected chi connectivity index (χ2v) is 7.25. The number of nitrogens with zero attached hydrogens (tertiary/aromatic N) is 2. The molecule has 2 saturated carbocycles. The maximum atomic E-state index is 12.3. The lowest BCUT2D eigenvalue weighted by Crippen LogP contribution is -2.47. The lowest BCUT2D eigenvalue weighted by molar-refractivity contribution is 0.0821. The van der Waals surface area contributed by atoms with Crippen molar-refractivity contribution in [2.45, 2.75) is 46.1 Å². The SMILES string of the molecule is CC1(C)C2CCC1(C)C(NC(=O)c1cncc(Cl)n1)C2. The first-order chi connectivity index (χ1) is 9.34. The van der Waals surface area contributed by atoms with Gasteiger partial charge in [-0.25, -0.2) is 4.98 Å². The van der Waals surface area contributed by atoms with Gasteiger partial charge in [0.2, 0.25) is 0 Å². The van der Waals surface area contributed by atoms with Crippen LogP contribution in [0.1, 0.15) is 50.5 Å². The van der Waals surface area contributed by atoms with Crippen LogP contribution in [0.3, 0.4) is 0 Å². The number of halogens is 1. The number of hydrogen-bond acceptors (Lipinski definition) is 3. The number of rotatable bonds is 2. The van der Waals surface area contributed by atoms with Gasteiger partial charge >= 0.3 is 0 Å². The van der Waals surface area contributed by atoms with E-state index in [0.29, 0.717) is 11.6 Å². The predicted molar refractivity (Wildman–Crippen MR) is 77.5 cm³/mol. The summed E-state index contributed by atoms with van der Waals surface area (Å²) < 4.78 is 0. The van der Waals surface area contributed by atoms with Crippen molar-refractivity contribution in [3.63, 3.8) is 0 Å². The summed E-state index contributed by atoms with van der Waals surface area (Å²) in [7, 11) is 0. The Labute approximate surface area is 124 Å². The number of carbonyl (C=O) groups is 1. The molecule has 108 valence electrons. The fourth-order valence-corrected chi connectivity index (χ4v) is 4.25. The van der Waals surface area contributed by atoms with Crippen LogP contribution in [-0.4, -0.2) is 21.9 Å². The smallest absolute Gasteiger partial charge is 0.271 e. The van der Waals surface area contributed by atoms with E-state index in [-0.39, 0.29) is 27.9 Å². The lowest BCUT2D eigenvalue weighted by Gasteiger charge is -2.39. The molecule has 3 unspecified atom stereocenters. The van der Waals surface area contributed by atoms with E-state index in [1.165, 1.54) is 25.2 Å². The lowest BCUT2D eigenvalue weighted by atomic mass is 9.69. The molecule has 4 nitrogen and oxygen atoms in total. The summed E-state index contributed by atoms with van der Waals surface area (Å²) in [5.74, 6) is 0.526. The molecule has 1 heterocycles. The van der Waals surface area contributed by atoms with Gasteiger partial charge in [0.15, 0.2) is 0 Å². The standard InChI is InChI=1S/C15H20ClN3O/c1-14(2)9-4-5-15(14,3)11(6-9)19-13(20)10-7-17-8-12(16)18-10/h7-9,11H,4-6H2,1-3H3,(H,19,20). The summed E-state index contributed by atoms with van der Waals surface area (Å²) in [5.41, 5.74) is 0.742. The van der Waals surface area contributed by atoms with Crippen LogP contribution in [0.15, 0.2) is 12.4 Å². The van der Waals surface area contributed by atoms with Crippen LogP contribution in [0.5, 0.6) is 0 Å². The zero-order chi connectivity index (χ0) is 14.5. The maximum absolute atomic E-state index is 12.3. The summed E-state index contributed by atoms with van der Waals surface area (Å²) in [6, 6.07) is 0.213. The van der Waals surface area contributed by atoms with Gasteiger partial charge in [-0.15, -0.1) is 0 Å². The zero-order valence-electron chi connectivity index (χ0n) is 12.1. The van der Waals surface area contributed by atoms with Crippen molar-refractivity contribution in [3.05, 3.63) is 23.2 Å². The molecule has 2 fully saturated rings. The minimum Gasteiger partial charge on any atom is -0.347 e. The predicted octanol–water partition coefficient (Wildman–Crippen LogP) is 3.07. The summed E-state index contributed by atoms with van der Waals surface area (Å²) in [6.45, 7) is 6.96. The number of aromatic nitrogens is 2. The molecule has 3 atom stereocenters. The van der Waals surface area contributed by atoms with Crippen molar-refractivity contribution in [2.24, 2.45) is 16.7 Å². The van der Waals surface area contributed by atoms with Crippen LogP contribution in [0.4, 0.5) is 0 Å². The second-order valence-electron chi connectivity index (χ2n) is 6.86. The van der Waals surface area contributed by atoms with Crippen LogP contribution in [0, 0.1) is 16.7 Å². The molecule has 5 heteroatoms. The van der Waals surface area contributed by atoms with E-state index in [9.17, 15) is 4.79 Å². The average molecular weight is 294 g/mol. The maximum Gasteiger partial charge on any atom is 0.271 e. The van der Waals surface area contributed by atoms with E-state index in [1.54, 1.807) is 0 Å². The molecule has 20 heavy (non-hydrogen) atoms. The van der Waals surface area contributed by atoms with E-state index >= 15 is 0 Å². The Balaban J connectivity index is 1.78. The fourth-order valence-electron chi connectivity index (χ4n) is 4.11. The first kappa shape index (κ1) is 13.8. The number of amides is 1. The Morgan fingerprint density at radius 2 is 2.15 bits per heavy atom. The Hall–Kier alpha value is -1.16. The molecule has 1 aromatic heterocycles. The van der Waals surface area contributed by atoms with Gasteiger partial charge in [0.05, 0.1) is 12.4 Å². The molecule has 0 aliphatic heterocycles. The molecule has 0 spiro atoms. The highest BCUT2D eigenvalue weighted by atomic mass is 35.5. The van der Waals surface area contributed by atoms with Crippen LogP contribution < -0.4 is 5.32 Å². The summed E-state index contributed by atoms with van der Waals surface area (Å²) in [5, 5.41) is 3.40. The van der Waals surface area contributed by atoms with E-state index in [4.69, 9.17) is 11.6 Å². The van der Waals surface area contributed by atoms with Gasteiger partial charge in [0.25, 0.3) is 5.91 Å². The highest BCUT2D eigenvalue weighted by Gasteiger charge is 2.61. The quantitative estimate of drug-likeness (QED) is 0.912. The van der Waals surface area contributed by atoms with Crippen molar-refractivity contribution >= 4 is 17.5 Å². The first-order valence-corrected chi connectivity index (χ1v) is 7.51. The van der Waals surface area contributed by atoms with Gasteiger partial charge in [-0.3, -0.25) is 9.78 Å². The molecule has 1 amide bonds. The third-order valence-electron chi connectivity index (χ3n) is 5.94. The first-order valence-electron chi connectivity index (χ1n) is 7.13. The number of hydrogen-bond donors (Lipinski definition) is 1. The van der Waals surface area contributed by atoms with Gasteiger partial charge in [-0.2, -0.15) is 0 Å². The molecule has 2 bridgehead atoms. The summed E-state index contributed by atoms with van der Waals surface area (Å²) >= 11 is 5.79. The largest absolute Gasteiger partial charge is 0.347 e. The molecule has 3 rings (SSSR count). The second kappa shape index (κ2) is 4.42. The Bertz CT molecular complexity index is 560. The molecule has 0 aromatic carbocycles. The van der Waals surface area contributed by atoms with E-state index < -0.39 is 0 Å². The van der Waals surface area contributed by atoms with Gasteiger partial charge in [0, 0.05) is 6.04 Å². The van der Waals surface area contributed by atoms with Gasteiger partial charge in [-0.1, -0.05) is 32.4 Å². The highest BCUT2D eigenvalue weighted by molar-refractivity contribution is 6.29. The van der Waals surface area contributed by atoms with Crippen molar-refractivity contribution in [3.8, 4) is 0 Å². The third-order valence-corrected chi connectivity index (χ3v) is 6.12. The average Bonchev–Trinajstić information content (AvgIpc) is 2.72. The van der Waals surface area contributed by atoms with Gasteiger partial charge in [0.1, 0.15) is 10.8 Å². The number of fused-ring (bicyclic) bond motifs is 2. The number of nitrogens with one attached hydrogen (secondary N) is 1. The molecular weight excluding hydrogens is 274 g/mol. The van der Waals surface area contributed by atoms with E-state index in [1.807, 2.05) is 0 Å². The fraction of sp³-hybridized carbons (Fsp3) is 0.667. The summed E-state index contributed by atoms with van der Waals surface area (Å²) in [6.07, 6.45) is 6.40. The minimum absolute atomic E-state index is 0.166. The molecule has 2 aliphatic rings. The zero-order valence-corrected chi connectivity index (χ0v) is 12.9. The van der Waals surface area contributed by atoms with Crippen LogP contribution >= 0.6 is 11.6 Å². The Morgan fingerprint density at radius 1 is 1.40 bits per heavy atom. The number of carbonyl (C=O) groups excluding carboxylic acids is 1. The molecule has 2 aliphatic carbocycles. The molecule has 0 saturated heterocycles. The van der Waals surface area contributed by atoms with Gasteiger partial charge < -0.3 is 5.32 Å². The Morgan fingerprint density at radius 3 is 2.70 bits per heavy atom. The van der Waals surface area contributed by atoms with E-state index in [0.717, 1.165) is 6.42 Å². The minimum atomic E-state index is -0.172. The summed E-state index contributed by atoms with van der Waals surface area (Å²) in [4.78, 5) is 20.3. The monoisotopic (exact) mass is 293 g/mol. The van der Waals surface area contributed by atoms with E-state index in [2.05, 4.69) is 36.1 Å². The molecular formula is C15H20ClN3O. The van der Waals surface area contributed by atoms with Crippen LogP contribution in [-0.2, 0) is 0 Å². The van der Waals surface area contributed by atoms with Crippen LogP contribution in [0.25, 0.3) is 0 Å². The van der Waals surface area contributed by atoms with Crippen molar-refractivity contribution in [1.82, 2.24) is 15.3 Å².